The van der Waals surface area contributed by atoms with Crippen molar-refractivity contribution >= 4 is 10.0 Å². The molecular formula is C14H15F3N2O3S. The summed E-state index contributed by atoms with van der Waals surface area (Å²) in [6.07, 6.45) is -3.90. The lowest BCUT2D eigenvalue weighted by Crippen LogP contribution is -2.29. The van der Waals surface area contributed by atoms with E-state index in [4.69, 9.17) is 0 Å². The molecule has 23 heavy (non-hydrogen) atoms. The van der Waals surface area contributed by atoms with Crippen molar-refractivity contribution in [3.63, 3.8) is 0 Å². The minimum Gasteiger partial charge on any atom is -0.386 e. The van der Waals surface area contributed by atoms with Crippen molar-refractivity contribution < 1.29 is 26.7 Å². The predicted molar refractivity (Wildman–Crippen MR) is 77.0 cm³/mol. The molecule has 1 heterocycles. The molecule has 0 amide bonds. The van der Waals surface area contributed by atoms with E-state index in [0.717, 1.165) is 12.1 Å². The molecule has 126 valence electrons. The molecule has 2 N–H and O–H groups in total. The van der Waals surface area contributed by atoms with E-state index in [0.29, 0.717) is 17.8 Å². The lowest BCUT2D eigenvalue weighted by molar-refractivity contribution is -0.137. The van der Waals surface area contributed by atoms with Crippen LogP contribution in [-0.2, 0) is 23.2 Å². The van der Waals surface area contributed by atoms with Crippen molar-refractivity contribution in [1.82, 2.24) is 9.29 Å². The van der Waals surface area contributed by atoms with Gasteiger partial charge in [-0.05, 0) is 36.4 Å². The van der Waals surface area contributed by atoms with E-state index in [1.165, 1.54) is 0 Å². The Morgan fingerprint density at radius 2 is 1.83 bits per heavy atom. The summed E-state index contributed by atoms with van der Waals surface area (Å²) in [5.74, 6) is 0. The van der Waals surface area contributed by atoms with Gasteiger partial charge in [0.25, 0.3) is 0 Å². The first kappa shape index (κ1) is 17.5. The molecule has 0 fully saturated rings. The predicted octanol–water partition coefficient (Wildman–Crippen LogP) is 2.06. The highest BCUT2D eigenvalue weighted by Crippen LogP contribution is 2.29. The van der Waals surface area contributed by atoms with Crippen LogP contribution in [0.15, 0.2) is 47.5 Å². The molecule has 1 aromatic heterocycles. The van der Waals surface area contributed by atoms with Crippen LogP contribution in [0.4, 0.5) is 13.2 Å². The normalized spacial score (nSPS) is 14.0. The van der Waals surface area contributed by atoms with Gasteiger partial charge in [-0.15, -0.1) is 0 Å². The molecule has 0 spiro atoms. The SMILES string of the molecule is Cn1cccc1[C@H](O)CNS(=O)(=O)c1ccc(C(F)(F)F)cc1. The Morgan fingerprint density at radius 1 is 1.22 bits per heavy atom. The van der Waals surface area contributed by atoms with Gasteiger partial charge in [-0.3, -0.25) is 0 Å². The Hall–Kier alpha value is -1.84. The van der Waals surface area contributed by atoms with Crippen molar-refractivity contribution in [3.05, 3.63) is 53.9 Å². The van der Waals surface area contributed by atoms with Crippen LogP contribution in [-0.4, -0.2) is 24.6 Å². The molecule has 1 aromatic carbocycles. The fourth-order valence-corrected chi connectivity index (χ4v) is 3.06. The summed E-state index contributed by atoms with van der Waals surface area (Å²) in [5, 5.41) is 9.95. The second-order valence-electron chi connectivity index (χ2n) is 4.93. The lowest BCUT2D eigenvalue weighted by Gasteiger charge is -2.14. The summed E-state index contributed by atoms with van der Waals surface area (Å²) in [4.78, 5) is -0.301. The second kappa shape index (κ2) is 6.34. The molecule has 0 saturated heterocycles. The molecule has 5 nitrogen and oxygen atoms in total. The maximum absolute atomic E-state index is 12.5. The average Bonchev–Trinajstić information content (AvgIpc) is 2.90. The maximum atomic E-state index is 12.5. The first-order valence-electron chi connectivity index (χ1n) is 6.57. The van der Waals surface area contributed by atoms with Gasteiger partial charge in [-0.2, -0.15) is 13.2 Å². The molecule has 1 atom stereocenters. The number of rotatable bonds is 5. The number of nitrogens with zero attached hydrogens (tertiary/aromatic N) is 1. The highest BCUT2D eigenvalue weighted by atomic mass is 32.2. The highest BCUT2D eigenvalue weighted by Gasteiger charge is 2.30. The lowest BCUT2D eigenvalue weighted by atomic mass is 10.2. The standard InChI is InChI=1S/C14H15F3N2O3S/c1-19-8-2-3-12(19)13(20)9-18-23(21,22)11-6-4-10(5-7-11)14(15,16)17/h2-8,13,18,20H,9H2,1H3/t13-/m1/s1. The molecule has 0 radical (unpaired) electrons. The van der Waals surface area contributed by atoms with E-state index in [2.05, 4.69) is 4.72 Å². The molecule has 0 bridgehead atoms. The first-order chi connectivity index (χ1) is 10.6. The van der Waals surface area contributed by atoms with Gasteiger partial charge in [-0.25, -0.2) is 13.1 Å². The van der Waals surface area contributed by atoms with E-state index in [1.54, 1.807) is 29.9 Å². The fourth-order valence-electron chi connectivity index (χ4n) is 2.02. The van der Waals surface area contributed by atoms with Gasteiger partial charge in [0.1, 0.15) is 6.10 Å². The van der Waals surface area contributed by atoms with E-state index in [9.17, 15) is 26.7 Å². The summed E-state index contributed by atoms with van der Waals surface area (Å²) in [6.45, 7) is -0.290. The van der Waals surface area contributed by atoms with Crippen LogP contribution in [0.25, 0.3) is 0 Å². The number of nitrogens with one attached hydrogen (secondary N) is 1. The van der Waals surface area contributed by atoms with Crippen LogP contribution in [0.3, 0.4) is 0 Å². The molecule has 0 aliphatic rings. The van der Waals surface area contributed by atoms with E-state index in [-0.39, 0.29) is 11.4 Å². The number of halogens is 3. The summed E-state index contributed by atoms with van der Waals surface area (Å²) in [7, 11) is -2.31. The topological polar surface area (TPSA) is 71.3 Å². The van der Waals surface area contributed by atoms with Gasteiger partial charge in [-0.1, -0.05) is 0 Å². The highest BCUT2D eigenvalue weighted by molar-refractivity contribution is 7.89. The summed E-state index contributed by atoms with van der Waals surface area (Å²) in [6, 6.07) is 6.48. The van der Waals surface area contributed by atoms with Gasteiger partial charge < -0.3 is 9.67 Å². The molecule has 0 unspecified atom stereocenters. The largest absolute Gasteiger partial charge is 0.416 e. The van der Waals surface area contributed by atoms with Gasteiger partial charge in [0, 0.05) is 25.5 Å². The summed E-state index contributed by atoms with van der Waals surface area (Å²) >= 11 is 0. The van der Waals surface area contributed by atoms with Crippen molar-refractivity contribution in [2.45, 2.75) is 17.2 Å². The van der Waals surface area contributed by atoms with Crippen LogP contribution < -0.4 is 4.72 Å². The van der Waals surface area contributed by atoms with Gasteiger partial charge in [0.15, 0.2) is 0 Å². The number of benzene rings is 1. The molecule has 2 aromatic rings. The quantitative estimate of drug-likeness (QED) is 0.869. The number of hydrogen-bond acceptors (Lipinski definition) is 3. The van der Waals surface area contributed by atoms with Crippen LogP contribution in [0.1, 0.15) is 17.4 Å². The minimum absolute atomic E-state index is 0.290. The molecule has 9 heteroatoms. The molecule has 0 aliphatic carbocycles. The average molecular weight is 348 g/mol. The monoisotopic (exact) mass is 348 g/mol. The van der Waals surface area contributed by atoms with Crippen LogP contribution in [0, 0.1) is 0 Å². The summed E-state index contributed by atoms with van der Waals surface area (Å²) < 4.78 is 65.3. The Morgan fingerprint density at radius 3 is 2.30 bits per heavy atom. The van der Waals surface area contributed by atoms with Gasteiger partial charge in [0.05, 0.1) is 10.5 Å². The fraction of sp³-hybridized carbons (Fsp3) is 0.286. The zero-order chi connectivity index (χ0) is 17.3. The second-order valence-corrected chi connectivity index (χ2v) is 6.70. The van der Waals surface area contributed by atoms with E-state index in [1.807, 2.05) is 0 Å². The smallest absolute Gasteiger partial charge is 0.386 e. The van der Waals surface area contributed by atoms with Gasteiger partial charge in [0.2, 0.25) is 10.0 Å². The Kier molecular flexibility index (Phi) is 4.83. The zero-order valence-corrected chi connectivity index (χ0v) is 12.9. The zero-order valence-electron chi connectivity index (χ0n) is 12.1. The number of aromatic nitrogens is 1. The number of alkyl halides is 3. The third kappa shape index (κ3) is 4.12. The summed E-state index contributed by atoms with van der Waals surface area (Å²) in [5.41, 5.74) is -0.416. The molecule has 0 aliphatic heterocycles. The van der Waals surface area contributed by atoms with Crippen molar-refractivity contribution in [2.24, 2.45) is 7.05 Å². The van der Waals surface area contributed by atoms with Crippen LogP contribution in [0.5, 0.6) is 0 Å². The minimum atomic E-state index is -4.53. The van der Waals surface area contributed by atoms with Crippen LogP contribution in [0.2, 0.25) is 0 Å². The Labute approximate surface area is 131 Å². The van der Waals surface area contributed by atoms with Crippen molar-refractivity contribution in [1.29, 1.82) is 0 Å². The number of aryl methyl sites for hydroxylation is 1. The number of aliphatic hydroxyl groups excluding tert-OH is 1. The number of aliphatic hydroxyl groups is 1. The Bertz CT molecular complexity index is 767. The maximum Gasteiger partial charge on any atom is 0.416 e. The molecular weight excluding hydrogens is 333 g/mol. The van der Waals surface area contributed by atoms with Crippen LogP contribution >= 0.6 is 0 Å². The van der Waals surface area contributed by atoms with Crippen molar-refractivity contribution in [3.8, 4) is 0 Å². The third-order valence-electron chi connectivity index (χ3n) is 3.28. The third-order valence-corrected chi connectivity index (χ3v) is 4.72. The number of sulfonamides is 1. The molecule has 2 rings (SSSR count). The van der Waals surface area contributed by atoms with Gasteiger partial charge >= 0.3 is 6.18 Å². The van der Waals surface area contributed by atoms with Crippen molar-refractivity contribution in [2.75, 3.05) is 6.54 Å². The van der Waals surface area contributed by atoms with E-state index < -0.39 is 27.9 Å². The Balaban J connectivity index is 2.09. The first-order valence-corrected chi connectivity index (χ1v) is 8.06. The van der Waals surface area contributed by atoms with E-state index >= 15 is 0 Å². The molecule has 0 saturated carbocycles. The number of hydrogen-bond donors (Lipinski definition) is 2.